The van der Waals surface area contributed by atoms with Gasteiger partial charge in [-0.15, -0.1) is 0 Å². The van der Waals surface area contributed by atoms with Gasteiger partial charge in [0, 0.05) is 18.7 Å². The molecule has 27 heavy (non-hydrogen) atoms. The summed E-state index contributed by atoms with van der Waals surface area (Å²) in [6, 6.07) is 3.86. The van der Waals surface area contributed by atoms with Gasteiger partial charge in [0.2, 0.25) is 0 Å². The smallest absolute Gasteiger partial charge is 0.338 e. The molecule has 3 rings (SSSR count). The molecule has 0 spiro atoms. The molecule has 1 aliphatic heterocycles. The lowest BCUT2D eigenvalue weighted by molar-refractivity contribution is -0.383. The van der Waals surface area contributed by atoms with Crippen molar-refractivity contribution < 1.29 is 19.2 Å². The lowest BCUT2D eigenvalue weighted by Gasteiger charge is -2.39. The second-order valence-electron chi connectivity index (χ2n) is 8.84. The van der Waals surface area contributed by atoms with Crippen LogP contribution in [0.1, 0.15) is 50.4 Å². The number of nitrogens with zero attached hydrogens (tertiary/aromatic N) is 2. The van der Waals surface area contributed by atoms with E-state index in [9.17, 15) is 19.7 Å². The fourth-order valence-corrected chi connectivity index (χ4v) is 4.87. The van der Waals surface area contributed by atoms with Gasteiger partial charge in [-0.3, -0.25) is 14.9 Å². The highest BCUT2D eigenvalue weighted by molar-refractivity contribution is 5.93. The summed E-state index contributed by atoms with van der Waals surface area (Å²) in [6.07, 6.45) is 2.97. The van der Waals surface area contributed by atoms with E-state index < -0.39 is 10.9 Å². The fourth-order valence-electron chi connectivity index (χ4n) is 4.87. The van der Waals surface area contributed by atoms with Crippen molar-refractivity contribution in [1.82, 2.24) is 4.90 Å². The minimum atomic E-state index is -0.778. The molecule has 0 radical (unpaired) electrons. The third kappa shape index (κ3) is 3.89. The van der Waals surface area contributed by atoms with Crippen molar-refractivity contribution in [2.24, 2.45) is 10.8 Å². The molecule has 1 aromatic carbocycles. The van der Waals surface area contributed by atoms with E-state index in [1.165, 1.54) is 12.1 Å². The van der Waals surface area contributed by atoms with Crippen LogP contribution in [0.3, 0.4) is 0 Å². The van der Waals surface area contributed by atoms with Crippen molar-refractivity contribution in [3.8, 4) is 0 Å². The van der Waals surface area contributed by atoms with Crippen LogP contribution in [0.15, 0.2) is 18.2 Å². The maximum absolute atomic E-state index is 12.6. The Kier molecular flexibility index (Phi) is 4.61. The van der Waals surface area contributed by atoms with Gasteiger partial charge in [-0.1, -0.05) is 20.8 Å². The number of anilines is 1. The van der Waals surface area contributed by atoms with Crippen LogP contribution in [0, 0.1) is 20.9 Å². The molecule has 1 aliphatic carbocycles. The van der Waals surface area contributed by atoms with Gasteiger partial charge in [0.1, 0.15) is 5.69 Å². The third-order valence-corrected chi connectivity index (χ3v) is 5.52. The summed E-state index contributed by atoms with van der Waals surface area (Å²) >= 11 is 0. The van der Waals surface area contributed by atoms with Crippen LogP contribution in [0.2, 0.25) is 0 Å². The van der Waals surface area contributed by atoms with E-state index in [4.69, 9.17) is 10.5 Å². The first kappa shape index (κ1) is 19.1. The summed E-state index contributed by atoms with van der Waals surface area (Å²) in [7, 11) is 0. The van der Waals surface area contributed by atoms with Gasteiger partial charge in [-0.25, -0.2) is 4.79 Å². The highest BCUT2D eigenvalue weighted by atomic mass is 16.6. The van der Waals surface area contributed by atoms with Gasteiger partial charge < -0.3 is 15.4 Å². The highest BCUT2D eigenvalue weighted by Gasteiger charge is 2.50. The molecule has 0 unspecified atom stereocenters. The largest absolute Gasteiger partial charge is 0.452 e. The van der Waals surface area contributed by atoms with Crippen LogP contribution < -0.4 is 5.73 Å². The standard InChI is InChI=1S/C19H25N3O5/c1-18(2)7-13-8-19(3,10-18)11-21(13)16(23)9-27-17(24)12-4-5-14(20)15(6-12)22(25)26/h4-6,13H,7-11,20H2,1-3H3/t13-,19-/m1/s1. The van der Waals surface area contributed by atoms with Crippen LogP contribution >= 0.6 is 0 Å². The molecule has 1 saturated heterocycles. The zero-order chi connectivity index (χ0) is 20.0. The molecule has 8 nitrogen and oxygen atoms in total. The fraction of sp³-hybridized carbons (Fsp3) is 0.579. The zero-order valence-electron chi connectivity index (χ0n) is 15.9. The van der Waals surface area contributed by atoms with Crippen molar-refractivity contribution in [3.63, 3.8) is 0 Å². The molecule has 1 saturated carbocycles. The van der Waals surface area contributed by atoms with Crippen molar-refractivity contribution >= 4 is 23.3 Å². The Balaban J connectivity index is 1.64. The summed E-state index contributed by atoms with van der Waals surface area (Å²) in [5, 5.41) is 10.9. The van der Waals surface area contributed by atoms with E-state index in [0.29, 0.717) is 6.54 Å². The molecule has 8 heteroatoms. The number of carbonyl (C=O) groups excluding carboxylic acids is 2. The van der Waals surface area contributed by atoms with Crippen LogP contribution in [0.25, 0.3) is 0 Å². The number of likely N-dealkylation sites (tertiary alicyclic amines) is 1. The predicted molar refractivity (Wildman–Crippen MR) is 99.0 cm³/mol. The molecule has 2 fully saturated rings. The monoisotopic (exact) mass is 375 g/mol. The quantitative estimate of drug-likeness (QED) is 0.374. The predicted octanol–water partition coefficient (Wildman–Crippen LogP) is 2.76. The molecule has 2 aliphatic rings. The first-order valence-electron chi connectivity index (χ1n) is 9.00. The van der Waals surface area contributed by atoms with Crippen LogP contribution in [0.5, 0.6) is 0 Å². The molecule has 1 heterocycles. The summed E-state index contributed by atoms with van der Waals surface area (Å²) in [5.74, 6) is -1.00. The average molecular weight is 375 g/mol. The second kappa shape index (κ2) is 6.51. The van der Waals surface area contributed by atoms with Gasteiger partial charge in [0.25, 0.3) is 11.6 Å². The van der Waals surface area contributed by atoms with Gasteiger partial charge in [0.15, 0.2) is 6.61 Å². The number of carbonyl (C=O) groups is 2. The van der Waals surface area contributed by atoms with Gasteiger partial charge >= 0.3 is 5.97 Å². The number of nitro benzene ring substituents is 1. The number of benzene rings is 1. The Labute approximate surface area is 157 Å². The van der Waals surface area contributed by atoms with E-state index >= 15 is 0 Å². The Hall–Kier alpha value is -2.64. The van der Waals surface area contributed by atoms with E-state index in [1.807, 2.05) is 4.90 Å². The topological polar surface area (TPSA) is 116 Å². The summed E-state index contributed by atoms with van der Waals surface area (Å²) < 4.78 is 5.12. The van der Waals surface area contributed by atoms with Gasteiger partial charge in [0.05, 0.1) is 10.5 Å². The Morgan fingerprint density at radius 1 is 1.33 bits per heavy atom. The number of amides is 1. The Bertz CT molecular complexity index is 807. The normalized spacial score (nSPS) is 25.9. The minimum absolute atomic E-state index is 0.00281. The van der Waals surface area contributed by atoms with Gasteiger partial charge in [-0.05, 0) is 42.2 Å². The number of ether oxygens (including phenoxy) is 1. The average Bonchev–Trinajstić information content (AvgIpc) is 2.81. The molecular formula is C19H25N3O5. The summed E-state index contributed by atoms with van der Waals surface area (Å²) in [4.78, 5) is 36.9. The number of nitrogens with two attached hydrogens (primary N) is 1. The minimum Gasteiger partial charge on any atom is -0.452 e. The summed E-state index contributed by atoms with van der Waals surface area (Å²) in [6.45, 7) is 6.95. The van der Waals surface area contributed by atoms with Crippen LogP contribution in [0.4, 0.5) is 11.4 Å². The number of hydrogen-bond donors (Lipinski definition) is 1. The SMILES string of the molecule is CC1(C)C[C@@H]2C[C@@](C)(CN2C(=O)COC(=O)c2ccc(N)c([N+](=O)[O-])c2)C1. The lowest BCUT2D eigenvalue weighted by Crippen LogP contribution is -2.39. The number of hydrogen-bond acceptors (Lipinski definition) is 6. The summed E-state index contributed by atoms with van der Waals surface area (Å²) in [5.41, 5.74) is 5.41. The highest BCUT2D eigenvalue weighted by Crippen LogP contribution is 2.52. The molecule has 2 bridgehead atoms. The maximum Gasteiger partial charge on any atom is 0.338 e. The van der Waals surface area contributed by atoms with Crippen molar-refractivity contribution in [2.45, 2.75) is 46.1 Å². The molecular weight excluding hydrogens is 350 g/mol. The molecule has 146 valence electrons. The molecule has 2 N–H and O–H groups in total. The number of rotatable bonds is 4. The number of nitrogen functional groups attached to an aromatic ring is 1. The van der Waals surface area contributed by atoms with E-state index in [2.05, 4.69) is 20.8 Å². The Morgan fingerprint density at radius 2 is 2.04 bits per heavy atom. The zero-order valence-corrected chi connectivity index (χ0v) is 15.9. The third-order valence-electron chi connectivity index (χ3n) is 5.52. The number of nitro groups is 1. The van der Waals surface area contributed by atoms with E-state index in [-0.39, 0.29) is 46.3 Å². The molecule has 1 aromatic rings. The maximum atomic E-state index is 12.6. The van der Waals surface area contributed by atoms with Crippen molar-refractivity contribution in [1.29, 1.82) is 0 Å². The van der Waals surface area contributed by atoms with E-state index in [0.717, 1.165) is 25.3 Å². The first-order valence-corrected chi connectivity index (χ1v) is 9.00. The van der Waals surface area contributed by atoms with Crippen molar-refractivity contribution in [2.75, 3.05) is 18.9 Å². The van der Waals surface area contributed by atoms with Crippen LogP contribution in [-0.2, 0) is 9.53 Å². The van der Waals surface area contributed by atoms with Crippen molar-refractivity contribution in [3.05, 3.63) is 33.9 Å². The number of esters is 1. The molecule has 0 aromatic heterocycles. The first-order chi connectivity index (χ1) is 12.5. The second-order valence-corrected chi connectivity index (χ2v) is 8.84. The molecule has 1 amide bonds. The van der Waals surface area contributed by atoms with Crippen LogP contribution in [-0.4, -0.2) is 40.9 Å². The van der Waals surface area contributed by atoms with E-state index in [1.54, 1.807) is 0 Å². The Morgan fingerprint density at radius 3 is 2.70 bits per heavy atom. The van der Waals surface area contributed by atoms with Gasteiger partial charge in [-0.2, -0.15) is 0 Å². The lowest BCUT2D eigenvalue weighted by atomic mass is 9.65. The molecule has 2 atom stereocenters. The number of fused-ring (bicyclic) bond motifs is 2.